The molecule has 3 aromatic rings. The van der Waals surface area contributed by atoms with E-state index in [9.17, 15) is 27.6 Å². The molecule has 0 fully saturated rings. The highest BCUT2D eigenvalue weighted by molar-refractivity contribution is 5.92. The van der Waals surface area contributed by atoms with Gasteiger partial charge >= 0.3 is 17.8 Å². The lowest BCUT2D eigenvalue weighted by Crippen LogP contribution is -2.40. The van der Waals surface area contributed by atoms with E-state index in [0.29, 0.717) is 16.9 Å². The van der Waals surface area contributed by atoms with Gasteiger partial charge in [0.2, 0.25) is 0 Å². The minimum absolute atomic E-state index is 0.122. The lowest BCUT2D eigenvalue weighted by Gasteiger charge is -2.14. The average Bonchev–Trinajstić information content (AvgIpc) is 2.75. The summed E-state index contributed by atoms with van der Waals surface area (Å²) in [5.74, 6) is -1.41. The third-order valence-electron chi connectivity index (χ3n) is 4.63. The van der Waals surface area contributed by atoms with Crippen molar-refractivity contribution >= 4 is 22.8 Å². The highest BCUT2D eigenvalue weighted by Gasteiger charge is 2.29. The van der Waals surface area contributed by atoms with Gasteiger partial charge in [0.1, 0.15) is 24.5 Å². The van der Waals surface area contributed by atoms with Crippen molar-refractivity contribution in [2.45, 2.75) is 32.7 Å². The second kappa shape index (κ2) is 9.76. The summed E-state index contributed by atoms with van der Waals surface area (Å²) in [6, 6.07) is 12.7. The maximum Gasteiger partial charge on any atom is 0.405 e. The molecule has 0 saturated heterocycles. The van der Waals surface area contributed by atoms with Crippen LogP contribution in [0.25, 0.3) is 11.0 Å². The Morgan fingerprint density at radius 3 is 2.45 bits per heavy atom. The number of rotatable bonds is 7. The van der Waals surface area contributed by atoms with E-state index in [1.54, 1.807) is 35.6 Å². The van der Waals surface area contributed by atoms with Gasteiger partial charge in [-0.3, -0.25) is 4.79 Å². The van der Waals surface area contributed by atoms with Gasteiger partial charge in [-0.1, -0.05) is 12.1 Å². The summed E-state index contributed by atoms with van der Waals surface area (Å²) in [4.78, 5) is 35.3. The number of ether oxygens (including phenoxy) is 2. The molecule has 33 heavy (non-hydrogen) atoms. The molecule has 10 heteroatoms. The number of halogens is 3. The second-order valence-electron chi connectivity index (χ2n) is 7.27. The monoisotopic (exact) mass is 463 g/mol. The van der Waals surface area contributed by atoms with Crippen LogP contribution in [0.3, 0.4) is 0 Å². The van der Waals surface area contributed by atoms with E-state index in [1.807, 2.05) is 6.92 Å². The van der Waals surface area contributed by atoms with E-state index in [4.69, 9.17) is 13.9 Å². The zero-order valence-corrected chi connectivity index (χ0v) is 17.7. The van der Waals surface area contributed by atoms with Crippen LogP contribution in [0, 0.1) is 6.92 Å². The van der Waals surface area contributed by atoms with Gasteiger partial charge in [-0.15, -0.1) is 0 Å². The van der Waals surface area contributed by atoms with Crippen molar-refractivity contribution in [3.05, 3.63) is 75.6 Å². The van der Waals surface area contributed by atoms with E-state index in [1.165, 1.54) is 25.1 Å². The number of carbonyl (C=O) groups excluding carboxylic acids is 2. The molecule has 1 heterocycles. The van der Waals surface area contributed by atoms with Gasteiger partial charge in [0.05, 0.1) is 5.56 Å². The highest BCUT2D eigenvalue weighted by Crippen LogP contribution is 2.23. The number of hydrogen-bond acceptors (Lipinski definition) is 6. The van der Waals surface area contributed by atoms with Gasteiger partial charge in [-0.25, -0.2) is 9.59 Å². The minimum atomic E-state index is -4.56. The van der Waals surface area contributed by atoms with Crippen LogP contribution in [-0.4, -0.2) is 30.7 Å². The molecule has 1 atom stereocenters. The molecule has 0 spiro atoms. The van der Waals surface area contributed by atoms with Crippen LogP contribution in [-0.2, 0) is 16.1 Å². The molecule has 174 valence electrons. The Bertz CT molecular complexity index is 1220. The van der Waals surface area contributed by atoms with Crippen molar-refractivity contribution in [1.82, 2.24) is 5.32 Å². The molecule has 0 aliphatic rings. The summed E-state index contributed by atoms with van der Waals surface area (Å²) >= 11 is 0. The molecule has 1 aromatic heterocycles. The maximum atomic E-state index is 12.2. The summed E-state index contributed by atoms with van der Waals surface area (Å²) in [7, 11) is 0. The zero-order valence-electron chi connectivity index (χ0n) is 17.7. The molecule has 0 aliphatic heterocycles. The smallest absolute Gasteiger partial charge is 0.405 e. The van der Waals surface area contributed by atoms with Gasteiger partial charge in [-0.05, 0) is 49.2 Å². The molecule has 3 rings (SSSR count). The Labute approximate surface area is 186 Å². The summed E-state index contributed by atoms with van der Waals surface area (Å²) in [5.41, 5.74) is 1.59. The van der Waals surface area contributed by atoms with Crippen LogP contribution in [0.1, 0.15) is 28.4 Å². The minimum Gasteiger partial charge on any atom is -0.489 e. The van der Waals surface area contributed by atoms with Gasteiger partial charge < -0.3 is 19.2 Å². The Morgan fingerprint density at radius 1 is 1.09 bits per heavy atom. The normalized spacial score (nSPS) is 12.3. The first-order chi connectivity index (χ1) is 15.5. The lowest BCUT2D eigenvalue weighted by molar-refractivity contribution is -0.143. The second-order valence-corrected chi connectivity index (χ2v) is 7.27. The van der Waals surface area contributed by atoms with Crippen LogP contribution in [0.4, 0.5) is 13.2 Å². The third-order valence-corrected chi connectivity index (χ3v) is 4.63. The highest BCUT2D eigenvalue weighted by atomic mass is 19.4. The van der Waals surface area contributed by atoms with Crippen LogP contribution >= 0.6 is 0 Å². The number of benzene rings is 2. The third kappa shape index (κ3) is 6.58. The predicted octanol–water partition coefficient (Wildman–Crippen LogP) is 3.90. The molecule has 1 unspecified atom stereocenters. The van der Waals surface area contributed by atoms with Gasteiger partial charge in [0, 0.05) is 17.5 Å². The van der Waals surface area contributed by atoms with Crippen molar-refractivity contribution < 1.29 is 36.7 Å². The Hall–Kier alpha value is -3.82. The maximum absolute atomic E-state index is 12.2. The van der Waals surface area contributed by atoms with Crippen molar-refractivity contribution in [3.63, 3.8) is 0 Å². The molecule has 0 bridgehead atoms. The Morgan fingerprint density at radius 2 is 1.79 bits per heavy atom. The molecule has 0 saturated carbocycles. The van der Waals surface area contributed by atoms with Gasteiger partial charge in [0.25, 0.3) is 5.91 Å². The first kappa shape index (κ1) is 23.8. The fourth-order valence-corrected chi connectivity index (χ4v) is 2.91. The predicted molar refractivity (Wildman–Crippen MR) is 112 cm³/mol. The number of fused-ring (bicyclic) bond motifs is 1. The molecular formula is C23H20F3NO6. The quantitative estimate of drug-likeness (QED) is 0.422. The molecule has 2 aromatic carbocycles. The molecule has 0 aliphatic carbocycles. The number of hydrogen-bond donors (Lipinski definition) is 1. The summed E-state index contributed by atoms with van der Waals surface area (Å²) in [5, 5.41) is 2.45. The first-order valence-electron chi connectivity index (χ1n) is 9.83. The first-order valence-corrected chi connectivity index (χ1v) is 9.83. The number of nitrogens with one attached hydrogen (secondary N) is 1. The van der Waals surface area contributed by atoms with Gasteiger partial charge in [-0.2, -0.15) is 13.2 Å². The summed E-state index contributed by atoms with van der Waals surface area (Å²) < 4.78 is 52.3. The summed E-state index contributed by atoms with van der Waals surface area (Å²) in [6.07, 6.45) is -5.95. The number of esters is 1. The van der Waals surface area contributed by atoms with Crippen LogP contribution in [0.5, 0.6) is 5.75 Å². The number of alkyl halides is 3. The zero-order chi connectivity index (χ0) is 24.2. The largest absolute Gasteiger partial charge is 0.489 e. The van der Waals surface area contributed by atoms with Crippen molar-refractivity contribution in [1.29, 1.82) is 0 Å². The standard InChI is InChI=1S/C23H20F3NO6/c1-13-9-20(28)33-19-10-17(7-8-18(13)19)31-11-15-3-5-16(6-4-15)22(30)32-14(2)21(29)27-12-23(24,25)26/h3-10,14H,11-12H2,1-2H3,(H,27,29). The Kier molecular flexibility index (Phi) is 7.05. The van der Waals surface area contributed by atoms with E-state index < -0.39 is 36.3 Å². The van der Waals surface area contributed by atoms with E-state index in [0.717, 1.165) is 10.9 Å². The molecule has 7 nitrogen and oxygen atoms in total. The fourth-order valence-electron chi connectivity index (χ4n) is 2.91. The van der Waals surface area contributed by atoms with Crippen LogP contribution < -0.4 is 15.7 Å². The van der Waals surface area contributed by atoms with Crippen molar-refractivity contribution in [2.75, 3.05) is 6.54 Å². The molecule has 1 N–H and O–H groups in total. The number of aryl methyl sites for hydroxylation is 1. The topological polar surface area (TPSA) is 94.8 Å². The van der Waals surface area contributed by atoms with Gasteiger partial charge in [0.15, 0.2) is 6.10 Å². The number of amides is 1. The van der Waals surface area contributed by atoms with E-state index in [-0.39, 0.29) is 12.2 Å². The molecular weight excluding hydrogens is 443 g/mol. The van der Waals surface area contributed by atoms with Crippen molar-refractivity contribution in [2.24, 2.45) is 0 Å². The number of carbonyl (C=O) groups is 2. The van der Waals surface area contributed by atoms with Crippen molar-refractivity contribution in [3.8, 4) is 5.75 Å². The van der Waals surface area contributed by atoms with Crippen LogP contribution in [0.15, 0.2) is 57.7 Å². The molecule has 1 amide bonds. The van der Waals surface area contributed by atoms with E-state index >= 15 is 0 Å². The van der Waals surface area contributed by atoms with E-state index in [2.05, 4.69) is 0 Å². The SMILES string of the molecule is Cc1cc(=O)oc2cc(OCc3ccc(C(=O)OC(C)C(=O)NCC(F)(F)F)cc3)ccc12. The van der Waals surface area contributed by atoms with Crippen LogP contribution in [0.2, 0.25) is 0 Å². The average molecular weight is 463 g/mol. The fraction of sp³-hybridized carbons (Fsp3) is 0.261. The summed E-state index contributed by atoms with van der Waals surface area (Å²) in [6.45, 7) is 1.64. The molecule has 0 radical (unpaired) electrons. The lowest BCUT2D eigenvalue weighted by atomic mass is 10.1. The Balaban J connectivity index is 1.56.